The second-order valence-corrected chi connectivity index (χ2v) is 10.1. The summed E-state index contributed by atoms with van der Waals surface area (Å²) in [5.41, 5.74) is 4.82. The van der Waals surface area contributed by atoms with Crippen LogP contribution < -0.4 is 10.6 Å². The number of benzene rings is 2. The topological polar surface area (TPSA) is 85.9 Å². The molecular weight excluding hydrogens is 496 g/mol. The normalized spacial score (nSPS) is 14.8. The Morgan fingerprint density at radius 1 is 1.16 bits per heavy atom. The lowest BCUT2D eigenvalue weighted by Crippen LogP contribution is -2.39. The van der Waals surface area contributed by atoms with Gasteiger partial charge in [-0.15, -0.1) is 0 Å². The number of nitrogens with zero attached hydrogens (tertiary/aromatic N) is 3. The summed E-state index contributed by atoms with van der Waals surface area (Å²) in [5, 5.41) is 8.06. The van der Waals surface area contributed by atoms with E-state index in [1.165, 1.54) is 5.56 Å². The van der Waals surface area contributed by atoms with Gasteiger partial charge in [0.2, 0.25) is 11.9 Å². The number of rotatable bonds is 9. The maximum absolute atomic E-state index is 12.0. The lowest BCUT2D eigenvalue weighted by molar-refractivity contribution is -0.111. The molecule has 0 bridgehead atoms. The first-order chi connectivity index (χ1) is 18.6. The Morgan fingerprint density at radius 3 is 2.74 bits per heavy atom. The van der Waals surface area contributed by atoms with Crippen LogP contribution in [0.15, 0.2) is 73.1 Å². The van der Waals surface area contributed by atoms with E-state index in [0.29, 0.717) is 17.0 Å². The van der Waals surface area contributed by atoms with E-state index in [-0.39, 0.29) is 5.91 Å². The number of allylic oxidation sites excluding steroid dienone is 1. The van der Waals surface area contributed by atoms with Crippen LogP contribution in [0.25, 0.3) is 22.2 Å². The summed E-state index contributed by atoms with van der Waals surface area (Å²) in [7, 11) is 0. The number of anilines is 2. The van der Waals surface area contributed by atoms with Gasteiger partial charge in [0.25, 0.3) is 0 Å². The summed E-state index contributed by atoms with van der Waals surface area (Å²) in [6.07, 6.45) is 11.1. The van der Waals surface area contributed by atoms with Crippen LogP contribution in [0.5, 0.6) is 0 Å². The lowest BCUT2D eigenvalue weighted by Gasteiger charge is -2.32. The lowest BCUT2D eigenvalue weighted by atomic mass is 10.0. The number of halogens is 1. The SMILES string of the molecule is CCC/C=C/C(=O)Nc1ccc(CN2CCC(Nc3ncc(Cl)c(-c4c[nH]c5ccccc45)n3)CC2)cc1. The van der Waals surface area contributed by atoms with Crippen LogP contribution >= 0.6 is 11.6 Å². The number of hydrogen-bond donors (Lipinski definition) is 3. The quantitative estimate of drug-likeness (QED) is 0.212. The number of H-pyrrole nitrogens is 1. The van der Waals surface area contributed by atoms with Gasteiger partial charge >= 0.3 is 0 Å². The number of aromatic amines is 1. The van der Waals surface area contributed by atoms with Crippen molar-refractivity contribution in [2.45, 2.75) is 45.2 Å². The third kappa shape index (κ3) is 6.41. The van der Waals surface area contributed by atoms with Crippen molar-refractivity contribution in [1.82, 2.24) is 19.9 Å². The van der Waals surface area contributed by atoms with Gasteiger partial charge in [0, 0.05) is 54.0 Å². The maximum Gasteiger partial charge on any atom is 0.248 e. The van der Waals surface area contributed by atoms with Gasteiger partial charge in [-0.25, -0.2) is 9.97 Å². The molecule has 0 unspecified atom stereocenters. The van der Waals surface area contributed by atoms with Crippen molar-refractivity contribution in [2.75, 3.05) is 23.7 Å². The van der Waals surface area contributed by atoms with Crippen molar-refractivity contribution in [3.63, 3.8) is 0 Å². The first kappa shape index (κ1) is 25.9. The highest BCUT2D eigenvalue weighted by Gasteiger charge is 2.21. The number of hydrogen-bond acceptors (Lipinski definition) is 5. The first-order valence-electron chi connectivity index (χ1n) is 13.2. The molecule has 1 saturated heterocycles. The number of fused-ring (bicyclic) bond motifs is 1. The molecule has 1 aliphatic heterocycles. The second kappa shape index (κ2) is 12.2. The highest BCUT2D eigenvalue weighted by atomic mass is 35.5. The number of amides is 1. The Hall–Kier alpha value is -3.68. The molecule has 1 amide bonds. The summed E-state index contributed by atoms with van der Waals surface area (Å²) in [6, 6.07) is 16.6. The molecule has 0 aliphatic carbocycles. The average Bonchev–Trinajstić information content (AvgIpc) is 3.36. The molecule has 8 heteroatoms. The van der Waals surface area contributed by atoms with E-state index in [4.69, 9.17) is 16.6 Å². The Labute approximate surface area is 228 Å². The number of carbonyl (C=O) groups excluding carboxylic acids is 1. The van der Waals surface area contributed by atoms with Crippen LogP contribution in [-0.2, 0) is 11.3 Å². The Morgan fingerprint density at radius 2 is 1.95 bits per heavy atom. The molecule has 2 aromatic heterocycles. The standard InChI is InChI=1S/C30H33ClN6O/c1-2-3-4-9-28(38)34-22-12-10-21(11-13-22)20-37-16-14-23(15-17-37)35-30-33-19-26(31)29(36-30)25-18-32-27-8-6-5-7-24(25)27/h4-13,18-19,23,32H,2-3,14-17,20H2,1H3,(H,34,38)(H,33,35,36)/b9-4+. The molecule has 38 heavy (non-hydrogen) atoms. The molecule has 1 aliphatic rings. The summed E-state index contributed by atoms with van der Waals surface area (Å²) in [6.45, 7) is 4.96. The van der Waals surface area contributed by atoms with Gasteiger partial charge in [-0.3, -0.25) is 9.69 Å². The van der Waals surface area contributed by atoms with Gasteiger partial charge in [0.15, 0.2) is 0 Å². The van der Waals surface area contributed by atoms with Gasteiger partial charge in [-0.2, -0.15) is 0 Å². The fourth-order valence-corrected chi connectivity index (χ4v) is 5.00. The molecule has 1 fully saturated rings. The van der Waals surface area contributed by atoms with Crippen molar-refractivity contribution < 1.29 is 4.79 Å². The van der Waals surface area contributed by atoms with Crippen LogP contribution in [0, 0.1) is 0 Å². The summed E-state index contributed by atoms with van der Waals surface area (Å²) in [4.78, 5) is 26.9. The van der Waals surface area contributed by atoms with Gasteiger partial charge in [0.05, 0.1) is 16.9 Å². The summed E-state index contributed by atoms with van der Waals surface area (Å²) < 4.78 is 0. The molecule has 0 radical (unpaired) electrons. The smallest absolute Gasteiger partial charge is 0.248 e. The van der Waals surface area contributed by atoms with E-state index in [2.05, 4.69) is 50.6 Å². The zero-order valence-corrected chi connectivity index (χ0v) is 22.3. The number of para-hydroxylation sites is 1. The molecular formula is C30H33ClN6O. The molecule has 2 aromatic carbocycles. The highest BCUT2D eigenvalue weighted by molar-refractivity contribution is 6.33. The third-order valence-corrected chi connectivity index (χ3v) is 7.14. The third-order valence-electron chi connectivity index (χ3n) is 6.86. The highest BCUT2D eigenvalue weighted by Crippen LogP contribution is 2.32. The summed E-state index contributed by atoms with van der Waals surface area (Å²) in [5.74, 6) is 0.523. The molecule has 196 valence electrons. The number of carbonyl (C=O) groups is 1. The Bertz CT molecular complexity index is 1410. The van der Waals surface area contributed by atoms with Crippen LogP contribution in [0.3, 0.4) is 0 Å². The summed E-state index contributed by atoms with van der Waals surface area (Å²) >= 11 is 6.49. The maximum atomic E-state index is 12.0. The number of likely N-dealkylation sites (tertiary alicyclic amines) is 1. The fraction of sp³-hybridized carbons (Fsp3) is 0.300. The monoisotopic (exact) mass is 528 g/mol. The molecule has 3 N–H and O–H groups in total. The minimum atomic E-state index is -0.0842. The van der Waals surface area contributed by atoms with Crippen molar-refractivity contribution in [3.8, 4) is 11.3 Å². The molecule has 0 spiro atoms. The molecule has 0 atom stereocenters. The van der Waals surface area contributed by atoms with Gasteiger partial charge in [0.1, 0.15) is 0 Å². The first-order valence-corrected chi connectivity index (χ1v) is 13.6. The van der Waals surface area contributed by atoms with Gasteiger partial charge < -0.3 is 15.6 Å². The Kier molecular flexibility index (Phi) is 8.36. The van der Waals surface area contributed by atoms with E-state index >= 15 is 0 Å². The van der Waals surface area contributed by atoms with Gasteiger partial charge in [-0.1, -0.05) is 61.4 Å². The predicted molar refractivity (Wildman–Crippen MR) is 155 cm³/mol. The molecule has 7 nitrogen and oxygen atoms in total. The van der Waals surface area contributed by atoms with Crippen molar-refractivity contribution in [3.05, 3.63) is 83.7 Å². The van der Waals surface area contributed by atoms with E-state index < -0.39 is 0 Å². The van der Waals surface area contributed by atoms with E-state index in [9.17, 15) is 4.79 Å². The molecule has 5 rings (SSSR count). The number of nitrogens with one attached hydrogen (secondary N) is 3. The van der Waals surface area contributed by atoms with E-state index in [0.717, 1.165) is 73.2 Å². The van der Waals surface area contributed by atoms with Crippen molar-refractivity contribution >= 4 is 40.0 Å². The molecule has 3 heterocycles. The average molecular weight is 529 g/mol. The second-order valence-electron chi connectivity index (χ2n) is 9.71. The molecule has 4 aromatic rings. The predicted octanol–water partition coefficient (Wildman–Crippen LogP) is 6.65. The largest absolute Gasteiger partial charge is 0.360 e. The van der Waals surface area contributed by atoms with Crippen LogP contribution in [0.2, 0.25) is 5.02 Å². The van der Waals surface area contributed by atoms with Crippen molar-refractivity contribution in [1.29, 1.82) is 0 Å². The van der Waals surface area contributed by atoms with Crippen LogP contribution in [-0.4, -0.2) is 44.9 Å². The fourth-order valence-electron chi connectivity index (χ4n) is 4.80. The zero-order chi connectivity index (χ0) is 26.3. The van der Waals surface area contributed by atoms with Crippen molar-refractivity contribution in [2.24, 2.45) is 0 Å². The molecule has 0 saturated carbocycles. The minimum Gasteiger partial charge on any atom is -0.360 e. The van der Waals surface area contributed by atoms with E-state index in [1.54, 1.807) is 12.3 Å². The van der Waals surface area contributed by atoms with Crippen LogP contribution in [0.1, 0.15) is 38.2 Å². The number of unbranched alkanes of at least 4 members (excludes halogenated alkanes) is 1. The Balaban J connectivity index is 1.14. The van der Waals surface area contributed by atoms with Gasteiger partial charge in [-0.05, 0) is 49.1 Å². The zero-order valence-electron chi connectivity index (χ0n) is 21.6. The van der Waals surface area contributed by atoms with Crippen LogP contribution in [0.4, 0.5) is 11.6 Å². The number of piperidine rings is 1. The van der Waals surface area contributed by atoms with E-state index in [1.807, 2.05) is 42.6 Å². The number of aromatic nitrogens is 3. The minimum absolute atomic E-state index is 0.0842.